The molecule has 1 aliphatic heterocycles. The molecule has 0 unspecified atom stereocenters. The molecular formula is C25H19N7O4. The molecule has 0 saturated heterocycles. The number of fused-ring (bicyclic) bond motifs is 1. The van der Waals surface area contributed by atoms with Gasteiger partial charge in [-0.25, -0.2) is 4.79 Å². The van der Waals surface area contributed by atoms with Crippen LogP contribution in [0.2, 0.25) is 0 Å². The molecule has 0 atom stereocenters. The highest BCUT2D eigenvalue weighted by Gasteiger charge is 2.35. The van der Waals surface area contributed by atoms with Gasteiger partial charge in [-0.05, 0) is 36.8 Å². The summed E-state index contributed by atoms with van der Waals surface area (Å²) in [4.78, 5) is 39.1. The monoisotopic (exact) mass is 481 g/mol. The van der Waals surface area contributed by atoms with Gasteiger partial charge in [0.25, 0.3) is 11.8 Å². The zero-order valence-electron chi connectivity index (χ0n) is 19.2. The minimum atomic E-state index is -0.582. The molecule has 5 rings (SSSR count). The molecule has 0 fully saturated rings. The molecule has 3 heterocycles. The Labute approximate surface area is 205 Å². The molecule has 11 nitrogen and oxygen atoms in total. The number of rotatable bonds is 7. The number of nitrogens with zero attached hydrogens (tertiary/aromatic N) is 7. The second-order valence-corrected chi connectivity index (χ2v) is 7.99. The third kappa shape index (κ3) is 4.12. The van der Waals surface area contributed by atoms with Gasteiger partial charge in [-0.1, -0.05) is 29.5 Å². The fraction of sp³-hybridized carbons (Fsp3) is 0.160. The lowest BCUT2D eigenvalue weighted by Gasteiger charge is -2.11. The zero-order chi connectivity index (χ0) is 25.2. The van der Waals surface area contributed by atoms with E-state index in [0.717, 1.165) is 10.5 Å². The van der Waals surface area contributed by atoms with E-state index >= 15 is 0 Å². The number of carbonyl (C=O) groups is 3. The quantitative estimate of drug-likeness (QED) is 0.290. The Balaban J connectivity index is 1.42. The summed E-state index contributed by atoms with van der Waals surface area (Å²) in [5.74, 6) is -1.20. The van der Waals surface area contributed by atoms with Crippen LogP contribution in [-0.2, 0) is 17.8 Å². The Kier molecular flexibility index (Phi) is 5.83. The second-order valence-electron chi connectivity index (χ2n) is 7.99. The van der Waals surface area contributed by atoms with E-state index in [0.29, 0.717) is 28.9 Å². The number of hydrogen-bond donors (Lipinski definition) is 0. The minimum absolute atomic E-state index is 0.0806. The van der Waals surface area contributed by atoms with Gasteiger partial charge in [0.05, 0.1) is 48.7 Å². The van der Waals surface area contributed by atoms with Crippen LogP contribution in [0.25, 0.3) is 5.82 Å². The minimum Gasteiger partial charge on any atom is -0.462 e. The van der Waals surface area contributed by atoms with Crippen molar-refractivity contribution in [1.82, 2.24) is 29.7 Å². The largest absolute Gasteiger partial charge is 0.462 e. The molecule has 2 aromatic heterocycles. The third-order valence-electron chi connectivity index (χ3n) is 5.59. The van der Waals surface area contributed by atoms with Crippen molar-refractivity contribution in [2.45, 2.75) is 20.0 Å². The van der Waals surface area contributed by atoms with Crippen molar-refractivity contribution in [1.29, 1.82) is 5.26 Å². The molecular weight excluding hydrogens is 462 g/mol. The lowest BCUT2D eigenvalue weighted by Crippen LogP contribution is -2.29. The van der Waals surface area contributed by atoms with Crippen LogP contribution in [0.15, 0.2) is 60.9 Å². The Hall–Kier alpha value is -5.11. The van der Waals surface area contributed by atoms with E-state index in [-0.39, 0.29) is 24.5 Å². The molecule has 0 spiro atoms. The fourth-order valence-electron chi connectivity index (χ4n) is 3.96. The van der Waals surface area contributed by atoms with Crippen molar-refractivity contribution < 1.29 is 19.1 Å². The highest BCUT2D eigenvalue weighted by molar-refractivity contribution is 6.21. The van der Waals surface area contributed by atoms with Gasteiger partial charge in [0.2, 0.25) is 0 Å². The number of nitriles is 1. The van der Waals surface area contributed by atoms with Crippen molar-refractivity contribution in [3.05, 3.63) is 94.4 Å². The molecule has 1 aliphatic rings. The molecule has 11 heteroatoms. The van der Waals surface area contributed by atoms with Crippen molar-refractivity contribution in [2.24, 2.45) is 0 Å². The van der Waals surface area contributed by atoms with Crippen molar-refractivity contribution in [3.63, 3.8) is 0 Å². The number of carbonyl (C=O) groups excluding carboxylic acids is 3. The van der Waals surface area contributed by atoms with Crippen LogP contribution in [0, 0.1) is 11.3 Å². The van der Waals surface area contributed by atoms with Gasteiger partial charge >= 0.3 is 5.97 Å². The van der Waals surface area contributed by atoms with Gasteiger partial charge in [0.15, 0.2) is 5.82 Å². The first-order valence-electron chi connectivity index (χ1n) is 11.1. The molecule has 178 valence electrons. The summed E-state index contributed by atoms with van der Waals surface area (Å²) in [6.07, 6.45) is 3.05. The Morgan fingerprint density at radius 2 is 1.78 bits per heavy atom. The summed E-state index contributed by atoms with van der Waals surface area (Å²) in [6.45, 7) is 2.10. The number of ether oxygens (including phenoxy) is 1. The predicted octanol–water partition coefficient (Wildman–Crippen LogP) is 2.36. The number of benzene rings is 2. The lowest BCUT2D eigenvalue weighted by atomic mass is 10.1. The zero-order valence-corrected chi connectivity index (χ0v) is 19.2. The van der Waals surface area contributed by atoms with Crippen LogP contribution in [0.3, 0.4) is 0 Å². The fourth-order valence-corrected chi connectivity index (χ4v) is 3.96. The van der Waals surface area contributed by atoms with Crippen molar-refractivity contribution in [2.75, 3.05) is 6.61 Å². The lowest BCUT2D eigenvalue weighted by molar-refractivity contribution is 0.0525. The average Bonchev–Trinajstić information content (AvgIpc) is 3.59. The third-order valence-corrected chi connectivity index (χ3v) is 5.59. The van der Waals surface area contributed by atoms with E-state index in [1.54, 1.807) is 54.1 Å². The van der Waals surface area contributed by atoms with Crippen molar-refractivity contribution >= 4 is 17.8 Å². The summed E-state index contributed by atoms with van der Waals surface area (Å²) in [6, 6.07) is 15.8. The van der Waals surface area contributed by atoms with E-state index in [2.05, 4.69) is 21.5 Å². The summed E-state index contributed by atoms with van der Waals surface area (Å²) >= 11 is 0. The Morgan fingerprint density at radius 1 is 1.03 bits per heavy atom. The van der Waals surface area contributed by atoms with Crippen LogP contribution in [0.5, 0.6) is 0 Å². The Morgan fingerprint density at radius 3 is 2.47 bits per heavy atom. The highest BCUT2D eigenvalue weighted by atomic mass is 16.5. The van der Waals surface area contributed by atoms with Gasteiger partial charge in [0, 0.05) is 6.20 Å². The first-order chi connectivity index (χ1) is 17.5. The van der Waals surface area contributed by atoms with E-state index in [1.807, 2.05) is 6.07 Å². The molecule has 0 radical (unpaired) electrons. The number of amides is 2. The number of aromatic nitrogens is 5. The van der Waals surface area contributed by atoms with Crippen LogP contribution < -0.4 is 0 Å². The second kappa shape index (κ2) is 9.27. The van der Waals surface area contributed by atoms with Gasteiger partial charge in [-0.15, -0.1) is 5.10 Å². The van der Waals surface area contributed by atoms with Crippen LogP contribution >= 0.6 is 0 Å². The molecule has 0 aliphatic carbocycles. The SMILES string of the molecule is CCOC(=O)c1cn(Cc2cccc(C#N)c2)nc1-n1cc(CN2C(=O)c3ccccc3C2=O)nn1. The molecule has 0 saturated carbocycles. The van der Waals surface area contributed by atoms with Gasteiger partial charge in [-0.2, -0.15) is 15.0 Å². The van der Waals surface area contributed by atoms with Crippen LogP contribution in [0.1, 0.15) is 54.8 Å². The molecule has 0 bridgehead atoms. The first-order valence-corrected chi connectivity index (χ1v) is 11.1. The maximum absolute atomic E-state index is 12.7. The first kappa shape index (κ1) is 22.7. The van der Waals surface area contributed by atoms with E-state index in [9.17, 15) is 14.4 Å². The summed E-state index contributed by atoms with van der Waals surface area (Å²) < 4.78 is 8.03. The molecule has 36 heavy (non-hydrogen) atoms. The predicted molar refractivity (Wildman–Crippen MR) is 124 cm³/mol. The maximum Gasteiger partial charge on any atom is 0.343 e. The molecule has 2 aromatic carbocycles. The van der Waals surface area contributed by atoms with Gasteiger partial charge < -0.3 is 4.74 Å². The van der Waals surface area contributed by atoms with Crippen LogP contribution in [-0.4, -0.2) is 54.1 Å². The highest BCUT2D eigenvalue weighted by Crippen LogP contribution is 2.24. The summed E-state index contributed by atoms with van der Waals surface area (Å²) in [5.41, 5.74) is 2.54. The number of hydrogen-bond acceptors (Lipinski definition) is 8. The van der Waals surface area contributed by atoms with Crippen molar-refractivity contribution in [3.8, 4) is 11.9 Å². The number of esters is 1. The van der Waals surface area contributed by atoms with Crippen LogP contribution in [0.4, 0.5) is 0 Å². The van der Waals surface area contributed by atoms with E-state index in [4.69, 9.17) is 10.00 Å². The molecule has 0 N–H and O–H groups in total. The topological polar surface area (TPSA) is 136 Å². The smallest absolute Gasteiger partial charge is 0.343 e. The van der Waals surface area contributed by atoms with Gasteiger partial charge in [0.1, 0.15) is 11.3 Å². The summed E-state index contributed by atoms with van der Waals surface area (Å²) in [5, 5.41) is 21.8. The average molecular weight is 481 g/mol. The summed E-state index contributed by atoms with van der Waals surface area (Å²) in [7, 11) is 0. The molecule has 2 amide bonds. The van der Waals surface area contributed by atoms with Gasteiger partial charge in [-0.3, -0.25) is 19.2 Å². The standard InChI is InChI=1S/C25H19N7O4/c1-2-36-25(35)21-15-30(12-17-7-5-6-16(10-17)11-26)28-22(21)32-14-18(27-29-32)13-31-23(33)19-8-3-4-9-20(19)24(31)34/h3-10,14-15H,2,12-13H2,1H3. The maximum atomic E-state index is 12.7. The van der Waals surface area contributed by atoms with E-state index in [1.165, 1.54) is 17.1 Å². The van der Waals surface area contributed by atoms with E-state index < -0.39 is 17.8 Å². The number of imide groups is 1. The Bertz CT molecular complexity index is 1510. The molecule has 4 aromatic rings. The normalized spacial score (nSPS) is 12.5.